The molecule has 128 valence electrons. The summed E-state index contributed by atoms with van der Waals surface area (Å²) in [7, 11) is 0. The fourth-order valence-corrected chi connectivity index (χ4v) is 2.40. The summed E-state index contributed by atoms with van der Waals surface area (Å²) in [6.07, 6.45) is 0.301. The molecule has 24 heavy (non-hydrogen) atoms. The lowest BCUT2D eigenvalue weighted by atomic mass is 10.1. The summed E-state index contributed by atoms with van der Waals surface area (Å²) in [6.45, 7) is 4.39. The van der Waals surface area contributed by atoms with Crippen LogP contribution >= 0.6 is 0 Å². The van der Waals surface area contributed by atoms with Gasteiger partial charge in [0.2, 0.25) is 5.91 Å². The van der Waals surface area contributed by atoms with Crippen LogP contribution in [0.3, 0.4) is 0 Å². The second-order valence-corrected chi connectivity index (χ2v) is 5.67. The van der Waals surface area contributed by atoms with Crippen LogP contribution in [-0.2, 0) is 11.2 Å². The molecule has 0 heterocycles. The number of hydrogen-bond acceptors (Lipinski definition) is 2. The van der Waals surface area contributed by atoms with Crippen molar-refractivity contribution in [3.8, 4) is 5.75 Å². The first-order chi connectivity index (χ1) is 11.5. The first-order valence-electron chi connectivity index (χ1n) is 7.87. The van der Waals surface area contributed by atoms with Crippen LogP contribution in [0.4, 0.5) is 8.78 Å². The van der Waals surface area contributed by atoms with Crippen molar-refractivity contribution in [3.05, 3.63) is 64.7 Å². The van der Waals surface area contributed by atoms with E-state index in [0.717, 1.165) is 16.9 Å². The highest BCUT2D eigenvalue weighted by molar-refractivity contribution is 5.76. The maximum Gasteiger partial charge on any atom is 0.223 e. The molecule has 1 N–H and O–H groups in total. The van der Waals surface area contributed by atoms with E-state index < -0.39 is 11.6 Å². The second kappa shape index (κ2) is 8.43. The number of carbonyl (C=O) groups excluding carboxylic acids is 1. The van der Waals surface area contributed by atoms with Gasteiger partial charge < -0.3 is 10.1 Å². The third-order valence-electron chi connectivity index (χ3n) is 3.68. The van der Waals surface area contributed by atoms with E-state index in [1.54, 1.807) is 0 Å². The Kier molecular flexibility index (Phi) is 6.29. The molecule has 0 atom stereocenters. The minimum atomic E-state index is -0.595. The molecule has 0 aliphatic carbocycles. The molecule has 0 aliphatic heterocycles. The first kappa shape index (κ1) is 17.9. The Morgan fingerprint density at radius 2 is 1.83 bits per heavy atom. The number of benzene rings is 2. The van der Waals surface area contributed by atoms with Crippen molar-refractivity contribution in [3.63, 3.8) is 0 Å². The number of carbonyl (C=O) groups is 1. The molecule has 0 unspecified atom stereocenters. The molecule has 1 amide bonds. The van der Waals surface area contributed by atoms with Crippen LogP contribution in [0, 0.1) is 25.5 Å². The zero-order valence-corrected chi connectivity index (χ0v) is 13.9. The average molecular weight is 333 g/mol. The fraction of sp³-hybridized carbons (Fsp3) is 0.316. The van der Waals surface area contributed by atoms with E-state index in [2.05, 4.69) is 5.32 Å². The molecule has 0 aromatic heterocycles. The molecule has 2 rings (SSSR count). The monoisotopic (exact) mass is 333 g/mol. The number of rotatable bonds is 7. The summed E-state index contributed by atoms with van der Waals surface area (Å²) in [5, 5.41) is 2.64. The summed E-state index contributed by atoms with van der Waals surface area (Å²) in [5.74, 6) is -0.650. The Hall–Kier alpha value is -2.43. The van der Waals surface area contributed by atoms with Gasteiger partial charge in [0.15, 0.2) is 0 Å². The van der Waals surface area contributed by atoms with Crippen molar-refractivity contribution in [2.24, 2.45) is 0 Å². The van der Waals surface area contributed by atoms with E-state index in [1.165, 1.54) is 18.2 Å². The highest BCUT2D eigenvalue weighted by Gasteiger charge is 2.09. The van der Waals surface area contributed by atoms with Gasteiger partial charge in [-0.05, 0) is 44.0 Å². The number of ether oxygens (including phenoxy) is 1. The molecule has 0 saturated heterocycles. The third-order valence-corrected chi connectivity index (χ3v) is 3.68. The van der Waals surface area contributed by atoms with E-state index in [4.69, 9.17) is 4.74 Å². The molecule has 2 aromatic carbocycles. The van der Waals surface area contributed by atoms with E-state index in [0.29, 0.717) is 0 Å². The number of aryl methyl sites for hydroxylation is 2. The van der Waals surface area contributed by atoms with E-state index in [9.17, 15) is 13.6 Å². The van der Waals surface area contributed by atoms with Gasteiger partial charge in [-0.25, -0.2) is 8.78 Å². The number of halogens is 2. The Balaban J connectivity index is 1.72. The Morgan fingerprint density at radius 3 is 2.50 bits per heavy atom. The van der Waals surface area contributed by atoms with Gasteiger partial charge in [-0.15, -0.1) is 0 Å². The predicted molar refractivity (Wildman–Crippen MR) is 89.1 cm³/mol. The van der Waals surface area contributed by atoms with Crippen LogP contribution in [0.1, 0.15) is 23.1 Å². The average Bonchev–Trinajstić information content (AvgIpc) is 2.52. The molecule has 0 bridgehead atoms. The molecule has 5 heteroatoms. The molecule has 0 saturated carbocycles. The summed E-state index contributed by atoms with van der Waals surface area (Å²) >= 11 is 0. The normalized spacial score (nSPS) is 10.5. The lowest BCUT2D eigenvalue weighted by Crippen LogP contribution is -2.27. The summed E-state index contributed by atoms with van der Waals surface area (Å²) in [6, 6.07) is 9.57. The van der Waals surface area contributed by atoms with Crippen molar-refractivity contribution < 1.29 is 18.3 Å². The SMILES string of the molecule is Cc1ccc(OCCC(=O)NCCc2c(F)cccc2F)c(C)c1. The first-order valence-corrected chi connectivity index (χ1v) is 7.87. The van der Waals surface area contributed by atoms with Crippen molar-refractivity contribution in [2.45, 2.75) is 26.7 Å². The summed E-state index contributed by atoms with van der Waals surface area (Å²) < 4.78 is 32.5. The molecule has 0 aliphatic rings. The Morgan fingerprint density at radius 1 is 1.12 bits per heavy atom. The topological polar surface area (TPSA) is 38.3 Å². The largest absolute Gasteiger partial charge is 0.493 e. The highest BCUT2D eigenvalue weighted by Crippen LogP contribution is 2.18. The second-order valence-electron chi connectivity index (χ2n) is 5.67. The van der Waals surface area contributed by atoms with Gasteiger partial charge in [-0.3, -0.25) is 4.79 Å². The predicted octanol–water partition coefficient (Wildman–Crippen LogP) is 3.71. The van der Waals surface area contributed by atoms with Crippen molar-refractivity contribution in [1.29, 1.82) is 0 Å². The third kappa shape index (κ3) is 5.05. The van der Waals surface area contributed by atoms with Crippen LogP contribution in [-0.4, -0.2) is 19.1 Å². The van der Waals surface area contributed by atoms with Gasteiger partial charge in [0.25, 0.3) is 0 Å². The van der Waals surface area contributed by atoms with E-state index in [-0.39, 0.29) is 37.5 Å². The van der Waals surface area contributed by atoms with Crippen LogP contribution in [0.25, 0.3) is 0 Å². The molecular formula is C19H21F2NO2. The summed E-state index contributed by atoms with van der Waals surface area (Å²) in [5.41, 5.74) is 2.16. The van der Waals surface area contributed by atoms with Crippen LogP contribution < -0.4 is 10.1 Å². The molecule has 2 aromatic rings. The summed E-state index contributed by atoms with van der Waals surface area (Å²) in [4.78, 5) is 11.8. The highest BCUT2D eigenvalue weighted by atomic mass is 19.1. The molecule has 0 spiro atoms. The smallest absolute Gasteiger partial charge is 0.223 e. The van der Waals surface area contributed by atoms with Crippen LogP contribution in [0.5, 0.6) is 5.75 Å². The van der Waals surface area contributed by atoms with E-state index >= 15 is 0 Å². The van der Waals surface area contributed by atoms with Crippen molar-refractivity contribution in [1.82, 2.24) is 5.32 Å². The van der Waals surface area contributed by atoms with Gasteiger partial charge >= 0.3 is 0 Å². The van der Waals surface area contributed by atoms with Gasteiger partial charge in [0.1, 0.15) is 17.4 Å². The minimum absolute atomic E-state index is 0.00988. The molecule has 0 radical (unpaired) electrons. The Bertz CT molecular complexity index is 696. The van der Waals surface area contributed by atoms with Gasteiger partial charge in [-0.2, -0.15) is 0 Å². The molecule has 3 nitrogen and oxygen atoms in total. The van der Waals surface area contributed by atoms with Crippen LogP contribution in [0.15, 0.2) is 36.4 Å². The standard InChI is InChI=1S/C19H21F2NO2/c1-13-6-7-18(14(2)12-13)24-11-9-19(23)22-10-8-15-16(20)4-3-5-17(15)21/h3-7,12H,8-11H2,1-2H3,(H,22,23). The van der Waals surface area contributed by atoms with Gasteiger partial charge in [0.05, 0.1) is 13.0 Å². The number of hydrogen-bond donors (Lipinski definition) is 1. The van der Waals surface area contributed by atoms with Gasteiger partial charge in [-0.1, -0.05) is 23.8 Å². The fourth-order valence-electron chi connectivity index (χ4n) is 2.40. The number of nitrogens with one attached hydrogen (secondary N) is 1. The van der Waals surface area contributed by atoms with Gasteiger partial charge in [0, 0.05) is 12.1 Å². The quantitative estimate of drug-likeness (QED) is 0.839. The molecule has 0 fully saturated rings. The van der Waals surface area contributed by atoms with Crippen molar-refractivity contribution >= 4 is 5.91 Å². The molecular weight excluding hydrogens is 312 g/mol. The zero-order valence-electron chi connectivity index (χ0n) is 13.9. The minimum Gasteiger partial charge on any atom is -0.493 e. The van der Waals surface area contributed by atoms with E-state index in [1.807, 2.05) is 32.0 Å². The lowest BCUT2D eigenvalue weighted by molar-refractivity contribution is -0.121. The van der Waals surface area contributed by atoms with Crippen molar-refractivity contribution in [2.75, 3.05) is 13.2 Å². The number of amides is 1. The lowest BCUT2D eigenvalue weighted by Gasteiger charge is -2.10. The Labute approximate surface area is 140 Å². The maximum atomic E-state index is 13.5. The van der Waals surface area contributed by atoms with Crippen LogP contribution in [0.2, 0.25) is 0 Å². The zero-order chi connectivity index (χ0) is 17.5. The maximum absolute atomic E-state index is 13.5.